The maximum atomic E-state index is 12.6. The standard InChI is InChI=1S/C12H4Cl2F3N3O2S/c13-4-1-5(14)9(10-8(4)18-3-23-10)20-7(21)2-6(12(15,16)17)19-11(20)22/h1-3H,(H,19,22). The van der Waals surface area contributed by atoms with Gasteiger partial charge in [0.1, 0.15) is 11.2 Å². The Morgan fingerprint density at radius 1 is 1.17 bits per heavy atom. The lowest BCUT2D eigenvalue weighted by Gasteiger charge is -2.11. The highest BCUT2D eigenvalue weighted by Crippen LogP contribution is 2.35. The minimum absolute atomic E-state index is 0.0564. The van der Waals surface area contributed by atoms with Crippen LogP contribution in [0.4, 0.5) is 13.2 Å². The number of aromatic amines is 1. The maximum absolute atomic E-state index is 12.6. The first-order valence-electron chi connectivity index (χ1n) is 5.85. The number of halogens is 5. The second-order valence-electron chi connectivity index (χ2n) is 4.38. The molecule has 11 heteroatoms. The Hall–Kier alpha value is -1.84. The monoisotopic (exact) mass is 381 g/mol. The summed E-state index contributed by atoms with van der Waals surface area (Å²) in [6.07, 6.45) is -4.85. The molecule has 23 heavy (non-hydrogen) atoms. The van der Waals surface area contributed by atoms with Crippen LogP contribution in [0.15, 0.2) is 27.2 Å². The predicted octanol–water partition coefficient (Wildman–Crippen LogP) is 3.46. The van der Waals surface area contributed by atoms with Gasteiger partial charge in [0.2, 0.25) is 0 Å². The van der Waals surface area contributed by atoms with Crippen molar-refractivity contribution in [1.82, 2.24) is 14.5 Å². The van der Waals surface area contributed by atoms with Crippen molar-refractivity contribution in [2.75, 3.05) is 0 Å². The molecule has 0 bridgehead atoms. The van der Waals surface area contributed by atoms with Crippen molar-refractivity contribution in [3.8, 4) is 5.69 Å². The highest BCUT2D eigenvalue weighted by atomic mass is 35.5. The maximum Gasteiger partial charge on any atom is 0.431 e. The van der Waals surface area contributed by atoms with E-state index in [-0.39, 0.29) is 15.7 Å². The van der Waals surface area contributed by atoms with E-state index in [9.17, 15) is 22.8 Å². The Kier molecular flexibility index (Phi) is 3.74. The molecule has 0 saturated heterocycles. The summed E-state index contributed by atoms with van der Waals surface area (Å²) in [6, 6.07) is 1.56. The summed E-state index contributed by atoms with van der Waals surface area (Å²) >= 11 is 13.0. The molecule has 0 aliphatic carbocycles. The minimum Gasteiger partial charge on any atom is -0.303 e. The van der Waals surface area contributed by atoms with Gasteiger partial charge in [-0.15, -0.1) is 11.3 Å². The van der Waals surface area contributed by atoms with Gasteiger partial charge in [0.05, 0.1) is 25.9 Å². The van der Waals surface area contributed by atoms with E-state index in [1.54, 1.807) is 4.98 Å². The smallest absolute Gasteiger partial charge is 0.303 e. The summed E-state index contributed by atoms with van der Waals surface area (Å²) in [6.45, 7) is 0. The number of H-pyrrole nitrogens is 1. The van der Waals surface area contributed by atoms with Crippen LogP contribution >= 0.6 is 34.5 Å². The van der Waals surface area contributed by atoms with E-state index >= 15 is 0 Å². The summed E-state index contributed by atoms with van der Waals surface area (Å²) in [4.78, 5) is 29.7. The molecule has 5 nitrogen and oxygen atoms in total. The molecule has 0 spiro atoms. The van der Waals surface area contributed by atoms with Gasteiger partial charge in [-0.3, -0.25) is 4.79 Å². The second kappa shape index (κ2) is 5.36. The highest BCUT2D eigenvalue weighted by Gasteiger charge is 2.33. The Morgan fingerprint density at radius 3 is 2.48 bits per heavy atom. The summed E-state index contributed by atoms with van der Waals surface area (Å²) in [7, 11) is 0. The predicted molar refractivity (Wildman–Crippen MR) is 80.9 cm³/mol. The van der Waals surface area contributed by atoms with E-state index in [1.165, 1.54) is 11.6 Å². The average Bonchev–Trinajstić information content (AvgIpc) is 2.89. The van der Waals surface area contributed by atoms with Crippen molar-refractivity contribution in [3.63, 3.8) is 0 Å². The van der Waals surface area contributed by atoms with Crippen molar-refractivity contribution < 1.29 is 13.2 Å². The molecule has 1 aromatic carbocycles. The molecule has 3 rings (SSSR count). The number of alkyl halides is 3. The molecule has 0 radical (unpaired) electrons. The van der Waals surface area contributed by atoms with Crippen LogP contribution in [0.2, 0.25) is 10.0 Å². The molecule has 0 fully saturated rings. The lowest BCUT2D eigenvalue weighted by atomic mass is 10.2. The highest BCUT2D eigenvalue weighted by molar-refractivity contribution is 7.17. The van der Waals surface area contributed by atoms with Crippen LogP contribution < -0.4 is 11.2 Å². The SMILES string of the molecule is O=c1cc(C(F)(F)F)[nH]c(=O)n1-c1c(Cl)cc(Cl)c2ncsc12. The third kappa shape index (κ3) is 2.64. The average molecular weight is 382 g/mol. The lowest BCUT2D eigenvalue weighted by Crippen LogP contribution is -2.36. The van der Waals surface area contributed by atoms with E-state index in [2.05, 4.69) is 4.98 Å². The van der Waals surface area contributed by atoms with E-state index in [0.29, 0.717) is 20.9 Å². The van der Waals surface area contributed by atoms with Crippen molar-refractivity contribution in [2.24, 2.45) is 0 Å². The topological polar surface area (TPSA) is 67.8 Å². The first-order valence-corrected chi connectivity index (χ1v) is 7.49. The van der Waals surface area contributed by atoms with Gasteiger partial charge in [-0.2, -0.15) is 13.2 Å². The molecule has 120 valence electrons. The van der Waals surface area contributed by atoms with Crippen LogP contribution in [0.3, 0.4) is 0 Å². The number of fused-ring (bicyclic) bond motifs is 1. The van der Waals surface area contributed by atoms with Gasteiger partial charge in [0.25, 0.3) is 5.56 Å². The van der Waals surface area contributed by atoms with Gasteiger partial charge in [-0.05, 0) is 6.07 Å². The molecule has 3 aromatic rings. The van der Waals surface area contributed by atoms with E-state index < -0.39 is 23.1 Å². The Morgan fingerprint density at radius 2 is 1.87 bits per heavy atom. The van der Waals surface area contributed by atoms with E-state index in [0.717, 1.165) is 11.3 Å². The van der Waals surface area contributed by atoms with Gasteiger partial charge >= 0.3 is 11.9 Å². The number of benzene rings is 1. The van der Waals surface area contributed by atoms with Gasteiger partial charge in [0, 0.05) is 6.07 Å². The van der Waals surface area contributed by atoms with Gasteiger partial charge in [-0.1, -0.05) is 23.2 Å². The summed E-state index contributed by atoms with van der Waals surface area (Å²) in [5.74, 6) is 0. The fraction of sp³-hybridized carbons (Fsp3) is 0.0833. The van der Waals surface area contributed by atoms with Gasteiger partial charge < -0.3 is 4.98 Å². The Balaban J connectivity index is 2.40. The summed E-state index contributed by atoms with van der Waals surface area (Å²) in [5, 5.41) is 0.144. The number of nitrogens with zero attached hydrogens (tertiary/aromatic N) is 2. The fourth-order valence-electron chi connectivity index (χ4n) is 2.01. The van der Waals surface area contributed by atoms with Crippen LogP contribution in [0.1, 0.15) is 5.69 Å². The Bertz CT molecular complexity index is 1010. The van der Waals surface area contributed by atoms with Crippen LogP contribution in [0.5, 0.6) is 0 Å². The van der Waals surface area contributed by atoms with Crippen molar-refractivity contribution in [2.45, 2.75) is 6.18 Å². The molecule has 0 atom stereocenters. The molecular formula is C12H4Cl2F3N3O2S. The number of nitrogens with one attached hydrogen (secondary N) is 1. The molecule has 2 heterocycles. The van der Waals surface area contributed by atoms with Crippen LogP contribution in [-0.2, 0) is 6.18 Å². The molecule has 1 N–H and O–H groups in total. The zero-order valence-electron chi connectivity index (χ0n) is 10.7. The number of thiazole rings is 1. The molecule has 0 aliphatic rings. The van der Waals surface area contributed by atoms with Crippen molar-refractivity contribution >= 4 is 44.8 Å². The van der Waals surface area contributed by atoms with Crippen molar-refractivity contribution in [3.05, 3.63) is 54.2 Å². The van der Waals surface area contributed by atoms with E-state index in [4.69, 9.17) is 23.2 Å². The summed E-state index contributed by atoms with van der Waals surface area (Å²) < 4.78 is 38.8. The van der Waals surface area contributed by atoms with Gasteiger partial charge in [-0.25, -0.2) is 14.3 Å². The Labute approximate surface area is 138 Å². The van der Waals surface area contributed by atoms with Crippen LogP contribution in [-0.4, -0.2) is 14.5 Å². The number of rotatable bonds is 1. The van der Waals surface area contributed by atoms with Crippen LogP contribution in [0.25, 0.3) is 15.9 Å². The van der Waals surface area contributed by atoms with Gasteiger partial charge in [0.15, 0.2) is 0 Å². The third-order valence-corrected chi connectivity index (χ3v) is 4.36. The molecule has 0 aliphatic heterocycles. The normalized spacial score (nSPS) is 12.0. The zero-order chi connectivity index (χ0) is 16.9. The molecular weight excluding hydrogens is 378 g/mol. The molecule has 0 unspecified atom stereocenters. The second-order valence-corrected chi connectivity index (χ2v) is 6.05. The molecule has 0 saturated carbocycles. The third-order valence-electron chi connectivity index (χ3n) is 2.95. The van der Waals surface area contributed by atoms with Crippen LogP contribution in [0, 0.1) is 0 Å². The van der Waals surface area contributed by atoms with E-state index in [1.807, 2.05) is 0 Å². The minimum atomic E-state index is -4.85. The lowest BCUT2D eigenvalue weighted by molar-refractivity contribution is -0.141. The molecule has 0 amide bonds. The van der Waals surface area contributed by atoms with Crippen molar-refractivity contribution in [1.29, 1.82) is 0 Å². The number of hydrogen-bond donors (Lipinski definition) is 1. The quantitative estimate of drug-likeness (QED) is 0.701. The number of hydrogen-bond acceptors (Lipinski definition) is 4. The zero-order valence-corrected chi connectivity index (χ0v) is 13.1. The first kappa shape index (κ1) is 16.0. The number of aromatic nitrogens is 3. The first-order chi connectivity index (χ1) is 10.7. The summed E-state index contributed by atoms with van der Waals surface area (Å²) in [5.41, 5.74) is -2.21. The largest absolute Gasteiger partial charge is 0.431 e. The fourth-order valence-corrected chi connectivity index (χ4v) is 3.57. The molecule has 2 aromatic heterocycles.